The van der Waals surface area contributed by atoms with Gasteiger partial charge in [0, 0.05) is 4.90 Å². The van der Waals surface area contributed by atoms with Crippen molar-refractivity contribution in [2.45, 2.75) is 10.9 Å². The molecule has 0 saturated carbocycles. The molecule has 0 fully saturated rings. The zero-order chi connectivity index (χ0) is 14.7. The molecule has 1 nitrogen and oxygen atoms in total. The van der Waals surface area contributed by atoms with E-state index in [9.17, 15) is 0 Å². The molecule has 0 aromatic heterocycles. The monoisotopic (exact) mass is 293 g/mol. The molecule has 106 valence electrons. The van der Waals surface area contributed by atoms with Gasteiger partial charge in [-0.1, -0.05) is 48.5 Å². The molecule has 3 aromatic rings. The van der Waals surface area contributed by atoms with Gasteiger partial charge < -0.3 is 5.32 Å². The summed E-state index contributed by atoms with van der Waals surface area (Å²) in [6.45, 7) is 0. The van der Waals surface area contributed by atoms with Gasteiger partial charge in [-0.2, -0.15) is 0 Å². The highest BCUT2D eigenvalue weighted by Gasteiger charge is 2.12. The van der Waals surface area contributed by atoms with Crippen molar-refractivity contribution >= 4 is 22.5 Å². The van der Waals surface area contributed by atoms with Gasteiger partial charge >= 0.3 is 0 Å². The van der Waals surface area contributed by atoms with E-state index in [4.69, 9.17) is 0 Å². The van der Waals surface area contributed by atoms with Gasteiger partial charge in [0.15, 0.2) is 0 Å². The van der Waals surface area contributed by atoms with E-state index in [0.29, 0.717) is 0 Å². The highest BCUT2D eigenvalue weighted by molar-refractivity contribution is 7.98. The fourth-order valence-electron chi connectivity index (χ4n) is 2.71. The number of hydrogen-bond donors (Lipinski definition) is 1. The molecule has 21 heavy (non-hydrogen) atoms. The Hall–Kier alpha value is -1.77. The second-order valence-electron chi connectivity index (χ2n) is 5.10. The molecule has 0 amide bonds. The quantitative estimate of drug-likeness (QED) is 0.689. The van der Waals surface area contributed by atoms with Crippen LogP contribution in [0, 0.1) is 0 Å². The Morgan fingerprint density at radius 1 is 0.810 bits per heavy atom. The zero-order valence-electron chi connectivity index (χ0n) is 12.3. The van der Waals surface area contributed by atoms with Crippen LogP contribution >= 0.6 is 11.8 Å². The van der Waals surface area contributed by atoms with Crippen LogP contribution in [0.5, 0.6) is 0 Å². The fraction of sp³-hybridized carbons (Fsp3) is 0.158. The largest absolute Gasteiger partial charge is 0.309 e. The average molecular weight is 293 g/mol. The fourth-order valence-corrected chi connectivity index (χ4v) is 3.12. The van der Waals surface area contributed by atoms with Crippen molar-refractivity contribution in [2.75, 3.05) is 13.3 Å². The van der Waals surface area contributed by atoms with E-state index < -0.39 is 0 Å². The molecule has 0 radical (unpaired) electrons. The lowest BCUT2D eigenvalue weighted by Crippen LogP contribution is -2.17. The Morgan fingerprint density at radius 3 is 2.14 bits per heavy atom. The summed E-state index contributed by atoms with van der Waals surface area (Å²) in [5.41, 5.74) is 2.60. The smallest absolute Gasteiger partial charge is 0.0574 e. The van der Waals surface area contributed by atoms with Crippen molar-refractivity contribution in [3.8, 4) is 0 Å². The summed E-state index contributed by atoms with van der Waals surface area (Å²) in [5, 5.41) is 6.00. The maximum absolute atomic E-state index is 3.43. The molecule has 0 saturated heterocycles. The van der Waals surface area contributed by atoms with Crippen LogP contribution in [0.4, 0.5) is 0 Å². The summed E-state index contributed by atoms with van der Waals surface area (Å²) in [5.74, 6) is 0. The van der Waals surface area contributed by atoms with Crippen molar-refractivity contribution in [3.05, 3.63) is 77.9 Å². The SMILES string of the molecule is CNC(c1ccc(SC)cc1)c1ccc2ccccc2c1. The maximum Gasteiger partial charge on any atom is 0.0574 e. The highest BCUT2D eigenvalue weighted by Crippen LogP contribution is 2.26. The van der Waals surface area contributed by atoms with Crippen LogP contribution in [0.3, 0.4) is 0 Å². The van der Waals surface area contributed by atoms with Crippen LogP contribution in [-0.2, 0) is 0 Å². The third-order valence-electron chi connectivity index (χ3n) is 3.84. The van der Waals surface area contributed by atoms with Crippen LogP contribution in [0.2, 0.25) is 0 Å². The summed E-state index contributed by atoms with van der Waals surface area (Å²) in [4.78, 5) is 1.30. The first-order valence-corrected chi connectivity index (χ1v) is 8.34. The summed E-state index contributed by atoms with van der Waals surface area (Å²) in [7, 11) is 2.02. The van der Waals surface area contributed by atoms with E-state index >= 15 is 0 Å². The van der Waals surface area contributed by atoms with Crippen LogP contribution < -0.4 is 5.32 Å². The lowest BCUT2D eigenvalue weighted by atomic mass is 9.96. The number of thioether (sulfide) groups is 1. The Morgan fingerprint density at radius 2 is 1.48 bits per heavy atom. The predicted octanol–water partition coefficient (Wildman–Crippen LogP) is 4.87. The Bertz CT molecular complexity index is 734. The number of hydrogen-bond acceptors (Lipinski definition) is 2. The van der Waals surface area contributed by atoms with Crippen LogP contribution in [0.15, 0.2) is 71.6 Å². The third kappa shape index (κ3) is 2.97. The van der Waals surface area contributed by atoms with Crippen molar-refractivity contribution in [1.82, 2.24) is 5.32 Å². The molecular formula is C19H19NS. The Balaban J connectivity index is 2.00. The number of benzene rings is 3. The molecule has 3 rings (SSSR count). The van der Waals surface area contributed by atoms with Crippen molar-refractivity contribution in [3.63, 3.8) is 0 Å². The first-order valence-electron chi connectivity index (χ1n) is 7.12. The van der Waals surface area contributed by atoms with Gasteiger partial charge in [-0.15, -0.1) is 11.8 Å². The summed E-state index contributed by atoms with van der Waals surface area (Å²) >= 11 is 1.77. The second kappa shape index (κ2) is 6.33. The van der Waals surface area contributed by atoms with E-state index in [1.165, 1.54) is 26.8 Å². The third-order valence-corrected chi connectivity index (χ3v) is 4.59. The van der Waals surface area contributed by atoms with Gasteiger partial charge in [-0.3, -0.25) is 0 Å². The molecule has 1 N–H and O–H groups in total. The van der Waals surface area contributed by atoms with Gasteiger partial charge in [0.2, 0.25) is 0 Å². The Kier molecular flexibility index (Phi) is 4.28. The predicted molar refractivity (Wildman–Crippen MR) is 93.1 cm³/mol. The second-order valence-corrected chi connectivity index (χ2v) is 5.98. The molecule has 0 bridgehead atoms. The molecule has 0 heterocycles. The standard InChI is InChI=1S/C19H19NS/c1-20-19(15-9-11-18(21-2)12-10-15)17-8-7-14-5-3-4-6-16(14)13-17/h3-13,19-20H,1-2H3. The van der Waals surface area contributed by atoms with Crippen LogP contribution in [-0.4, -0.2) is 13.3 Å². The Labute approximate surface area is 130 Å². The average Bonchev–Trinajstić information content (AvgIpc) is 2.56. The minimum absolute atomic E-state index is 0.227. The van der Waals surface area contributed by atoms with Gasteiger partial charge in [0.1, 0.15) is 0 Å². The molecule has 3 aromatic carbocycles. The van der Waals surface area contributed by atoms with Crippen LogP contribution in [0.1, 0.15) is 17.2 Å². The number of nitrogens with one attached hydrogen (secondary N) is 1. The first kappa shape index (κ1) is 14.2. The van der Waals surface area contributed by atoms with E-state index in [2.05, 4.69) is 78.3 Å². The van der Waals surface area contributed by atoms with Crippen LogP contribution in [0.25, 0.3) is 10.8 Å². The molecule has 0 aliphatic heterocycles. The van der Waals surface area contributed by atoms with Gasteiger partial charge in [-0.05, 0) is 53.4 Å². The summed E-state index contributed by atoms with van der Waals surface area (Å²) in [6, 6.07) is 24.2. The molecule has 1 atom stereocenters. The molecule has 0 aliphatic carbocycles. The molecule has 0 spiro atoms. The lowest BCUT2D eigenvalue weighted by molar-refractivity contribution is 0.692. The van der Waals surface area contributed by atoms with Crippen molar-refractivity contribution in [2.24, 2.45) is 0 Å². The molecule has 1 unspecified atom stereocenters. The van der Waals surface area contributed by atoms with Gasteiger partial charge in [0.25, 0.3) is 0 Å². The first-order chi connectivity index (χ1) is 10.3. The summed E-state index contributed by atoms with van der Waals surface area (Å²) < 4.78 is 0. The topological polar surface area (TPSA) is 12.0 Å². The van der Waals surface area contributed by atoms with E-state index in [-0.39, 0.29) is 6.04 Å². The minimum Gasteiger partial charge on any atom is -0.309 e. The minimum atomic E-state index is 0.227. The van der Waals surface area contributed by atoms with E-state index in [0.717, 1.165) is 0 Å². The number of rotatable bonds is 4. The molecular weight excluding hydrogens is 274 g/mol. The van der Waals surface area contributed by atoms with E-state index in [1.807, 2.05) is 7.05 Å². The molecule has 2 heteroatoms. The lowest BCUT2D eigenvalue weighted by Gasteiger charge is -2.18. The summed E-state index contributed by atoms with van der Waals surface area (Å²) in [6.07, 6.45) is 2.11. The van der Waals surface area contributed by atoms with Gasteiger partial charge in [0.05, 0.1) is 6.04 Å². The maximum atomic E-state index is 3.43. The van der Waals surface area contributed by atoms with E-state index in [1.54, 1.807) is 11.8 Å². The van der Waals surface area contributed by atoms with Crippen molar-refractivity contribution < 1.29 is 0 Å². The highest BCUT2D eigenvalue weighted by atomic mass is 32.2. The van der Waals surface area contributed by atoms with Crippen molar-refractivity contribution in [1.29, 1.82) is 0 Å². The molecule has 0 aliphatic rings. The zero-order valence-corrected chi connectivity index (χ0v) is 13.2. The normalized spacial score (nSPS) is 12.5. The van der Waals surface area contributed by atoms with Gasteiger partial charge in [-0.25, -0.2) is 0 Å². The number of fused-ring (bicyclic) bond motifs is 1.